The highest BCUT2D eigenvalue weighted by Gasteiger charge is 2.38. The van der Waals surface area contributed by atoms with Crippen LogP contribution >= 0.6 is 0 Å². The van der Waals surface area contributed by atoms with E-state index in [2.05, 4.69) is 271 Å². The third-order valence-corrected chi connectivity index (χ3v) is 18.5. The molecule has 0 saturated carbocycles. The van der Waals surface area contributed by atoms with Gasteiger partial charge in [0, 0.05) is 54.5 Å². The van der Waals surface area contributed by atoms with E-state index < -0.39 is 0 Å². The number of benzene rings is 12. The first kappa shape index (κ1) is 46.9. The van der Waals surface area contributed by atoms with E-state index in [1.165, 1.54) is 88.0 Å². The van der Waals surface area contributed by atoms with E-state index in [0.717, 1.165) is 78.0 Å². The molecule has 4 heteroatoms. The molecule has 14 aromatic rings. The molecular weight excluding hydrogens is 973 g/mol. The van der Waals surface area contributed by atoms with Gasteiger partial charge in [0.25, 0.3) is 0 Å². The lowest BCUT2D eigenvalue weighted by molar-refractivity contribution is 0.660. The molecule has 0 bridgehead atoms. The molecule has 4 nitrogen and oxygen atoms in total. The fourth-order valence-electron chi connectivity index (χ4n) is 14.6. The van der Waals surface area contributed by atoms with Gasteiger partial charge in [-0.2, -0.15) is 0 Å². The number of hydrogen-bond acceptors (Lipinski definition) is 4. The Bertz CT molecular complexity index is 4620. The molecule has 0 aliphatic heterocycles. The summed E-state index contributed by atoms with van der Waals surface area (Å²) >= 11 is 0. The van der Waals surface area contributed by atoms with Crippen molar-refractivity contribution in [2.45, 2.75) is 78.1 Å². The van der Waals surface area contributed by atoms with Gasteiger partial charge >= 0.3 is 0 Å². The first-order valence-electron chi connectivity index (χ1n) is 28.5. The highest BCUT2D eigenvalue weighted by molar-refractivity contribution is 6.30. The van der Waals surface area contributed by atoms with Gasteiger partial charge in [0.2, 0.25) is 0 Å². The Morgan fingerprint density at radius 3 is 1.12 bits per heavy atom. The second-order valence-electron chi connectivity index (χ2n) is 24.3. The average Bonchev–Trinajstić information content (AvgIpc) is 4.33. The SMILES string of the molecule is CC(C)c1cc(N(c2ccc3c(c2)C(C)(C)c2ccccc2-3)c2cccc3c2oc2ccccc23)c2ccc3c(C(C)C)cc(N(c4ccc5c(c4)C(C)(C)c4ccccc4-5)c4cccc5c4oc4ccccc45)c4ccc1c2c34. The minimum absolute atomic E-state index is 0.203. The maximum absolute atomic E-state index is 7.02. The Morgan fingerprint density at radius 1 is 0.312 bits per heavy atom. The molecule has 0 saturated heterocycles. The molecule has 0 atom stereocenters. The standard InChI is InChI=1S/C76H60N2O2/c1-43(2)59-41-67(77(65-27-17-23-55-51-21-11-15-29-69(51)79-73(55)65)45-31-33-49-47-19-9-13-25-61(47)75(5,6)63(49)39-45)57-38-36-54-60(44(3)4)42-68(58-37-35-53(59)71(57)72(54)58)78(66-28-18-24-56-52-22-12-16-30-70(52)80-74(56)66)46-32-34-50-48-20-10-14-26-62(48)76(7,8)64(50)40-46/h9-44H,1-8H3. The Hall–Kier alpha value is -9.12. The maximum Gasteiger partial charge on any atom is 0.159 e. The van der Waals surface area contributed by atoms with Crippen LogP contribution in [-0.4, -0.2) is 0 Å². The third kappa shape index (κ3) is 6.39. The first-order valence-corrected chi connectivity index (χ1v) is 28.5. The number of fused-ring (bicyclic) bond motifs is 12. The number of nitrogens with zero attached hydrogens (tertiary/aromatic N) is 2. The molecule has 0 unspecified atom stereocenters. The second-order valence-corrected chi connectivity index (χ2v) is 24.3. The van der Waals surface area contributed by atoms with Gasteiger partial charge in [0.15, 0.2) is 11.2 Å². The topological polar surface area (TPSA) is 32.8 Å². The highest BCUT2D eigenvalue weighted by Crippen LogP contribution is 2.57. The van der Waals surface area contributed by atoms with Crippen molar-refractivity contribution in [3.05, 3.63) is 240 Å². The zero-order valence-electron chi connectivity index (χ0n) is 46.5. The summed E-state index contributed by atoms with van der Waals surface area (Å²) in [4.78, 5) is 5.04. The van der Waals surface area contributed by atoms with E-state index in [1.807, 2.05) is 0 Å². The summed E-state index contributed by atoms with van der Waals surface area (Å²) in [6.07, 6.45) is 0. The van der Waals surface area contributed by atoms with Crippen LogP contribution in [0.4, 0.5) is 34.1 Å². The van der Waals surface area contributed by atoms with Crippen molar-refractivity contribution in [2.24, 2.45) is 0 Å². The fraction of sp³-hybridized carbons (Fsp3) is 0.158. The average molecular weight is 1030 g/mol. The molecule has 386 valence electrons. The lowest BCUT2D eigenvalue weighted by atomic mass is 9.82. The molecule has 0 fully saturated rings. The van der Waals surface area contributed by atoms with Crippen molar-refractivity contribution in [1.29, 1.82) is 0 Å². The van der Waals surface area contributed by atoms with Gasteiger partial charge in [-0.05, 0) is 150 Å². The molecule has 12 aromatic carbocycles. The van der Waals surface area contributed by atoms with E-state index in [9.17, 15) is 0 Å². The Balaban J connectivity index is 1.01. The Kier molecular flexibility index (Phi) is 9.80. The molecule has 2 aliphatic carbocycles. The summed E-state index contributed by atoms with van der Waals surface area (Å²) < 4.78 is 14.0. The zero-order chi connectivity index (χ0) is 54.1. The van der Waals surface area contributed by atoms with Crippen molar-refractivity contribution >= 4 is 110 Å². The largest absolute Gasteiger partial charge is 0.454 e. The summed E-state index contributed by atoms with van der Waals surface area (Å²) in [6.45, 7) is 18.9. The first-order chi connectivity index (χ1) is 38.9. The Labute approximate surface area is 466 Å². The van der Waals surface area contributed by atoms with Gasteiger partial charge in [-0.15, -0.1) is 0 Å². The van der Waals surface area contributed by atoms with Crippen LogP contribution < -0.4 is 9.80 Å². The summed E-state index contributed by atoms with van der Waals surface area (Å²) in [5.41, 5.74) is 22.7. The summed E-state index contributed by atoms with van der Waals surface area (Å²) in [7, 11) is 0. The van der Waals surface area contributed by atoms with Crippen molar-refractivity contribution in [3.8, 4) is 22.3 Å². The van der Waals surface area contributed by atoms with E-state index in [-0.39, 0.29) is 22.7 Å². The molecule has 2 aromatic heterocycles. The Morgan fingerprint density at radius 2 is 0.688 bits per heavy atom. The molecule has 0 spiro atoms. The van der Waals surface area contributed by atoms with Crippen LogP contribution in [0.5, 0.6) is 0 Å². The van der Waals surface area contributed by atoms with Crippen LogP contribution in [-0.2, 0) is 10.8 Å². The van der Waals surface area contributed by atoms with Crippen LogP contribution in [0.2, 0.25) is 0 Å². The van der Waals surface area contributed by atoms with Crippen LogP contribution in [0.15, 0.2) is 215 Å². The van der Waals surface area contributed by atoms with Crippen LogP contribution in [0.25, 0.3) is 98.4 Å². The lowest BCUT2D eigenvalue weighted by Crippen LogP contribution is -2.17. The van der Waals surface area contributed by atoms with Gasteiger partial charge in [0.1, 0.15) is 11.2 Å². The predicted octanol–water partition coefficient (Wildman–Crippen LogP) is 22.2. The minimum atomic E-state index is -0.203. The van der Waals surface area contributed by atoms with Crippen molar-refractivity contribution in [3.63, 3.8) is 0 Å². The predicted molar refractivity (Wildman–Crippen MR) is 337 cm³/mol. The normalized spacial score (nSPS) is 14.2. The smallest absolute Gasteiger partial charge is 0.159 e. The molecule has 0 radical (unpaired) electrons. The summed E-state index contributed by atoms with van der Waals surface area (Å²) in [5.74, 6) is 0.418. The summed E-state index contributed by atoms with van der Waals surface area (Å²) in [6, 6.07) is 77.1. The summed E-state index contributed by atoms with van der Waals surface area (Å²) in [5, 5.41) is 11.9. The van der Waals surface area contributed by atoms with Crippen LogP contribution in [0.1, 0.15) is 101 Å². The van der Waals surface area contributed by atoms with Crippen LogP contribution in [0, 0.1) is 0 Å². The molecule has 2 heterocycles. The van der Waals surface area contributed by atoms with Crippen molar-refractivity contribution in [1.82, 2.24) is 0 Å². The van der Waals surface area contributed by atoms with Gasteiger partial charge in [-0.1, -0.05) is 201 Å². The van der Waals surface area contributed by atoms with E-state index in [1.54, 1.807) is 0 Å². The molecule has 2 aliphatic rings. The van der Waals surface area contributed by atoms with Gasteiger partial charge in [0.05, 0.1) is 22.7 Å². The number of para-hydroxylation sites is 4. The highest BCUT2D eigenvalue weighted by atomic mass is 16.3. The van der Waals surface area contributed by atoms with Gasteiger partial charge in [-0.25, -0.2) is 0 Å². The van der Waals surface area contributed by atoms with Gasteiger partial charge in [-0.3, -0.25) is 0 Å². The minimum Gasteiger partial charge on any atom is -0.454 e. The number of anilines is 6. The van der Waals surface area contributed by atoms with Crippen LogP contribution in [0.3, 0.4) is 0 Å². The number of furan rings is 2. The number of hydrogen-bond donors (Lipinski definition) is 0. The molecule has 0 N–H and O–H groups in total. The van der Waals surface area contributed by atoms with Crippen molar-refractivity contribution in [2.75, 3.05) is 9.80 Å². The van der Waals surface area contributed by atoms with Crippen molar-refractivity contribution < 1.29 is 8.83 Å². The fourth-order valence-corrected chi connectivity index (χ4v) is 14.6. The molecular formula is C76H60N2O2. The molecule has 80 heavy (non-hydrogen) atoms. The zero-order valence-corrected chi connectivity index (χ0v) is 46.5. The second kappa shape index (κ2) is 16.7. The maximum atomic E-state index is 7.02. The quantitative estimate of drug-likeness (QED) is 0.142. The van der Waals surface area contributed by atoms with E-state index >= 15 is 0 Å². The molecule has 0 amide bonds. The monoisotopic (exact) mass is 1030 g/mol. The van der Waals surface area contributed by atoms with E-state index in [0.29, 0.717) is 0 Å². The van der Waals surface area contributed by atoms with E-state index in [4.69, 9.17) is 8.83 Å². The van der Waals surface area contributed by atoms with Gasteiger partial charge < -0.3 is 18.6 Å². The lowest BCUT2D eigenvalue weighted by Gasteiger charge is -2.32. The number of rotatable bonds is 8. The third-order valence-electron chi connectivity index (χ3n) is 18.5. The molecule has 16 rings (SSSR count).